The van der Waals surface area contributed by atoms with Crippen LogP contribution in [0, 0.1) is 35.5 Å². The Bertz CT molecular complexity index is 2560. The van der Waals surface area contributed by atoms with E-state index in [2.05, 4.69) is 83.2 Å². The molecule has 0 amide bonds. The van der Waals surface area contributed by atoms with Crippen LogP contribution in [-0.2, 0) is 9.47 Å². The molecular weight excluding hydrogens is 992 g/mol. The highest BCUT2D eigenvalue weighted by Gasteiger charge is 2.13. The van der Waals surface area contributed by atoms with Gasteiger partial charge in [0, 0.05) is 21.9 Å². The van der Waals surface area contributed by atoms with Crippen molar-refractivity contribution in [2.45, 2.75) is 111 Å². The molecule has 10 heteroatoms. The summed E-state index contributed by atoms with van der Waals surface area (Å²) >= 11 is 7.01. The number of hydrogen-bond donors (Lipinski definition) is 0. The summed E-state index contributed by atoms with van der Waals surface area (Å²) in [5, 5.41) is 1.93. The molecule has 0 bridgehead atoms. The first kappa shape index (κ1) is 52.7. The second-order valence-corrected chi connectivity index (χ2v) is 19.1. The van der Waals surface area contributed by atoms with E-state index in [9.17, 15) is 9.59 Å². The molecule has 0 N–H and O–H groups in total. The minimum absolute atomic E-state index is 0.339. The summed E-state index contributed by atoms with van der Waals surface area (Å²) in [5.74, 6) is 15.0. The SMILES string of the molecule is CCCCC(CC)COc1cc(C#Cc2ccc(C(=O)OCCCCCCCOC(=O)c3ccc(C#Cc4cc(OCC(CC)CCCC)cc5ccc(Br)nc45)cc3)cc2)c2nc(Br)ccc2c1. The van der Waals surface area contributed by atoms with Gasteiger partial charge >= 0.3 is 11.9 Å². The Balaban J connectivity index is 0.898. The summed E-state index contributed by atoms with van der Waals surface area (Å²) in [6.07, 6.45) is 13.5. The number of ether oxygens (including phenoxy) is 4. The summed E-state index contributed by atoms with van der Waals surface area (Å²) in [6, 6.07) is 30.2. The standard InChI is InChI=1S/C59H64Br2N2O6/c1-5-9-16-42(7-3)40-68-52-36-48(56-50(38-52)30-32-54(60)62-56)28-22-44-18-24-46(25-19-44)58(64)66-34-14-12-11-13-15-35-67-59(65)47-26-20-45(21-27-47)23-29-49-37-53(69-41-43(8-4)17-10-6-2)39-51-31-33-55(61)63-57(49)51/h18-21,24-27,30-33,36-39,42-43H,5-17,34-35,40-41H2,1-4H3. The van der Waals surface area contributed by atoms with Crippen molar-refractivity contribution in [2.75, 3.05) is 26.4 Å². The molecule has 8 nitrogen and oxygen atoms in total. The maximum Gasteiger partial charge on any atom is 0.338 e. The molecular formula is C59H64Br2N2O6. The molecule has 0 fully saturated rings. The molecule has 0 radical (unpaired) electrons. The van der Waals surface area contributed by atoms with Crippen molar-refractivity contribution < 1.29 is 28.5 Å². The number of unbranched alkanes of at least 4 members (excludes halogenated alkanes) is 6. The van der Waals surface area contributed by atoms with Crippen molar-refractivity contribution >= 4 is 65.6 Å². The van der Waals surface area contributed by atoms with Crippen LogP contribution in [0.5, 0.6) is 11.5 Å². The maximum atomic E-state index is 12.8. The maximum absolute atomic E-state index is 12.8. The van der Waals surface area contributed by atoms with Crippen molar-refractivity contribution in [2.24, 2.45) is 11.8 Å². The van der Waals surface area contributed by atoms with Gasteiger partial charge in [-0.25, -0.2) is 19.6 Å². The van der Waals surface area contributed by atoms with Crippen LogP contribution in [0.15, 0.2) is 106 Å². The van der Waals surface area contributed by atoms with Crippen molar-refractivity contribution in [3.63, 3.8) is 0 Å². The van der Waals surface area contributed by atoms with Gasteiger partial charge in [0.25, 0.3) is 0 Å². The Kier molecular flexibility index (Phi) is 21.5. The first-order chi connectivity index (χ1) is 33.7. The van der Waals surface area contributed by atoms with Crippen LogP contribution in [0.1, 0.15) is 154 Å². The number of hydrogen-bond acceptors (Lipinski definition) is 8. The summed E-state index contributed by atoms with van der Waals surface area (Å²) < 4.78 is 25.2. The van der Waals surface area contributed by atoms with Gasteiger partial charge in [0.1, 0.15) is 20.7 Å². The molecule has 0 aliphatic rings. The number of esters is 2. The number of benzene rings is 4. The number of fused-ring (bicyclic) bond motifs is 2. The van der Waals surface area contributed by atoms with Gasteiger partial charge in [-0.1, -0.05) is 109 Å². The van der Waals surface area contributed by atoms with Crippen LogP contribution in [0.25, 0.3) is 21.8 Å². The lowest BCUT2D eigenvalue weighted by Crippen LogP contribution is -2.11. The molecule has 2 unspecified atom stereocenters. The largest absolute Gasteiger partial charge is 0.493 e. The highest BCUT2D eigenvalue weighted by Crippen LogP contribution is 2.29. The molecule has 4 aromatic carbocycles. The highest BCUT2D eigenvalue weighted by molar-refractivity contribution is 9.10. The minimum atomic E-state index is -0.358. The molecule has 2 atom stereocenters. The number of pyridine rings is 2. The van der Waals surface area contributed by atoms with Gasteiger partial charge in [0.2, 0.25) is 0 Å². The van der Waals surface area contributed by atoms with Crippen LogP contribution >= 0.6 is 31.9 Å². The summed E-state index contributed by atoms with van der Waals surface area (Å²) in [5.41, 5.74) is 5.68. The number of carbonyl (C=O) groups excluding carboxylic acids is 2. The Morgan fingerprint density at radius 3 is 1.30 bits per heavy atom. The Hall–Kier alpha value is -5.68. The van der Waals surface area contributed by atoms with Gasteiger partial charge in [0.05, 0.1) is 59.7 Å². The van der Waals surface area contributed by atoms with Crippen LogP contribution in [-0.4, -0.2) is 48.3 Å². The van der Waals surface area contributed by atoms with Crippen LogP contribution in [0.2, 0.25) is 0 Å². The molecule has 69 heavy (non-hydrogen) atoms. The van der Waals surface area contributed by atoms with E-state index in [-0.39, 0.29) is 11.9 Å². The van der Waals surface area contributed by atoms with Gasteiger partial charge in [-0.2, -0.15) is 0 Å². The molecule has 0 saturated heterocycles. The molecule has 0 aliphatic heterocycles. The van der Waals surface area contributed by atoms with E-state index < -0.39 is 0 Å². The van der Waals surface area contributed by atoms with Gasteiger partial charge in [-0.05, 0) is 166 Å². The van der Waals surface area contributed by atoms with E-state index in [4.69, 9.17) is 28.9 Å². The van der Waals surface area contributed by atoms with E-state index in [0.717, 1.165) is 123 Å². The van der Waals surface area contributed by atoms with Crippen molar-refractivity contribution in [1.82, 2.24) is 9.97 Å². The zero-order valence-corrected chi connectivity index (χ0v) is 43.7. The number of carbonyl (C=O) groups is 2. The highest BCUT2D eigenvalue weighted by atomic mass is 79.9. The first-order valence-corrected chi connectivity index (χ1v) is 26.3. The van der Waals surface area contributed by atoms with Gasteiger partial charge < -0.3 is 18.9 Å². The normalized spacial score (nSPS) is 11.8. The number of rotatable bonds is 24. The lowest BCUT2D eigenvalue weighted by molar-refractivity contribution is 0.0496. The van der Waals surface area contributed by atoms with Gasteiger partial charge in [-0.3, -0.25) is 0 Å². The lowest BCUT2D eigenvalue weighted by atomic mass is 10.0. The van der Waals surface area contributed by atoms with E-state index in [0.29, 0.717) is 49.4 Å². The number of aromatic nitrogens is 2. The zero-order valence-electron chi connectivity index (χ0n) is 40.5. The monoisotopic (exact) mass is 1050 g/mol. The van der Waals surface area contributed by atoms with Crippen molar-refractivity contribution in [3.05, 3.63) is 140 Å². The van der Waals surface area contributed by atoms with Crippen LogP contribution in [0.4, 0.5) is 0 Å². The zero-order chi connectivity index (χ0) is 48.8. The second kappa shape index (κ2) is 28.1. The predicted octanol–water partition coefficient (Wildman–Crippen LogP) is 15.3. The molecule has 2 heterocycles. The van der Waals surface area contributed by atoms with Gasteiger partial charge in [0.15, 0.2) is 0 Å². The molecule has 0 saturated carbocycles. The van der Waals surface area contributed by atoms with E-state index in [1.54, 1.807) is 24.3 Å². The fourth-order valence-corrected chi connectivity index (χ4v) is 8.46. The molecule has 360 valence electrons. The van der Waals surface area contributed by atoms with E-state index in [1.165, 1.54) is 25.7 Å². The summed E-state index contributed by atoms with van der Waals surface area (Å²) in [6.45, 7) is 10.9. The third kappa shape index (κ3) is 16.8. The van der Waals surface area contributed by atoms with Gasteiger partial charge in [-0.15, -0.1) is 0 Å². The minimum Gasteiger partial charge on any atom is -0.493 e. The number of halogens is 2. The quantitative estimate of drug-likeness (QED) is 0.0256. The molecule has 2 aromatic heterocycles. The topological polar surface area (TPSA) is 96.8 Å². The third-order valence-corrected chi connectivity index (χ3v) is 13.1. The smallest absolute Gasteiger partial charge is 0.338 e. The van der Waals surface area contributed by atoms with E-state index in [1.807, 2.05) is 72.8 Å². The van der Waals surface area contributed by atoms with E-state index >= 15 is 0 Å². The fourth-order valence-electron chi connectivity index (χ4n) is 7.84. The van der Waals surface area contributed by atoms with Crippen molar-refractivity contribution in [1.29, 1.82) is 0 Å². The molecule has 0 spiro atoms. The Morgan fingerprint density at radius 1 is 0.507 bits per heavy atom. The van der Waals surface area contributed by atoms with Crippen molar-refractivity contribution in [3.8, 4) is 35.2 Å². The summed E-state index contributed by atoms with van der Waals surface area (Å²) in [7, 11) is 0. The lowest BCUT2D eigenvalue weighted by Gasteiger charge is -2.16. The molecule has 6 aromatic rings. The molecule has 6 rings (SSSR count). The average molecular weight is 1060 g/mol. The van der Waals surface area contributed by atoms with Crippen LogP contribution < -0.4 is 9.47 Å². The molecule has 0 aliphatic carbocycles. The Morgan fingerprint density at radius 2 is 0.913 bits per heavy atom. The second-order valence-electron chi connectivity index (χ2n) is 17.5. The average Bonchev–Trinajstić information content (AvgIpc) is 3.37. The predicted molar refractivity (Wildman–Crippen MR) is 285 cm³/mol. The summed E-state index contributed by atoms with van der Waals surface area (Å²) in [4.78, 5) is 35.0. The number of nitrogens with zero attached hydrogens (tertiary/aromatic N) is 2. The Labute approximate surface area is 425 Å². The van der Waals surface area contributed by atoms with Crippen LogP contribution in [0.3, 0.4) is 0 Å². The third-order valence-electron chi connectivity index (χ3n) is 12.2. The first-order valence-electron chi connectivity index (χ1n) is 24.7. The fraction of sp³-hybridized carbons (Fsp3) is 0.390.